The summed E-state index contributed by atoms with van der Waals surface area (Å²) < 4.78 is 28.1. The molecule has 1 aliphatic carbocycles. The third-order valence-electron chi connectivity index (χ3n) is 3.08. The third-order valence-corrected chi connectivity index (χ3v) is 3.41. The van der Waals surface area contributed by atoms with Crippen LogP contribution in [0, 0.1) is 0 Å². The van der Waals surface area contributed by atoms with Crippen molar-refractivity contribution in [3.05, 3.63) is 34.9 Å². The van der Waals surface area contributed by atoms with E-state index in [1.54, 1.807) is 12.1 Å². The average Bonchev–Trinajstić information content (AvgIpc) is 2.14. The first-order valence-electron chi connectivity index (χ1n) is 4.89. The lowest BCUT2D eigenvalue weighted by Crippen LogP contribution is -2.58. The highest BCUT2D eigenvalue weighted by Crippen LogP contribution is 2.49. The Labute approximate surface area is 92.2 Å². The Morgan fingerprint density at radius 3 is 2.33 bits per heavy atom. The predicted molar refractivity (Wildman–Crippen MR) is 56.1 cm³/mol. The standard InChI is InChI=1S/C11H12ClF2N/c12-9-5-2-1-4-8(9)11(13,14)10(15)6-3-7-10/h1-2,4-5H,3,6-7,15H2. The Balaban J connectivity index is 2.41. The molecule has 0 saturated heterocycles. The van der Waals surface area contributed by atoms with Crippen molar-refractivity contribution in [2.24, 2.45) is 5.73 Å². The van der Waals surface area contributed by atoms with Crippen LogP contribution in [0.2, 0.25) is 5.02 Å². The van der Waals surface area contributed by atoms with Crippen LogP contribution >= 0.6 is 11.6 Å². The lowest BCUT2D eigenvalue weighted by Gasteiger charge is -2.44. The zero-order valence-corrected chi connectivity index (χ0v) is 8.90. The largest absolute Gasteiger partial charge is 0.320 e. The van der Waals surface area contributed by atoms with E-state index in [0.29, 0.717) is 12.8 Å². The highest BCUT2D eigenvalue weighted by Gasteiger charge is 2.56. The molecule has 2 N–H and O–H groups in total. The fourth-order valence-electron chi connectivity index (χ4n) is 1.86. The summed E-state index contributed by atoms with van der Waals surface area (Å²) in [4.78, 5) is 0. The van der Waals surface area contributed by atoms with Gasteiger partial charge in [-0.15, -0.1) is 0 Å². The van der Waals surface area contributed by atoms with Crippen LogP contribution in [0.25, 0.3) is 0 Å². The number of hydrogen-bond acceptors (Lipinski definition) is 1. The molecule has 1 nitrogen and oxygen atoms in total. The van der Waals surface area contributed by atoms with Crippen LogP contribution in [0.15, 0.2) is 24.3 Å². The number of alkyl halides is 2. The molecular weight excluding hydrogens is 220 g/mol. The zero-order chi connectivity index (χ0) is 11.1. The van der Waals surface area contributed by atoms with Crippen LogP contribution < -0.4 is 5.73 Å². The summed E-state index contributed by atoms with van der Waals surface area (Å²) in [6, 6.07) is 5.99. The minimum absolute atomic E-state index is 0.0826. The van der Waals surface area contributed by atoms with Crippen molar-refractivity contribution in [3.8, 4) is 0 Å². The Bertz CT molecular complexity index is 375. The van der Waals surface area contributed by atoms with Crippen LogP contribution in [0.5, 0.6) is 0 Å². The molecule has 2 rings (SSSR count). The Kier molecular flexibility index (Phi) is 2.47. The number of halogens is 3. The van der Waals surface area contributed by atoms with Gasteiger partial charge in [-0.3, -0.25) is 0 Å². The van der Waals surface area contributed by atoms with Crippen molar-refractivity contribution in [2.75, 3.05) is 0 Å². The molecule has 4 heteroatoms. The maximum Gasteiger partial charge on any atom is 0.292 e. The van der Waals surface area contributed by atoms with Gasteiger partial charge in [0, 0.05) is 10.6 Å². The second-order valence-corrected chi connectivity index (χ2v) is 4.47. The van der Waals surface area contributed by atoms with Crippen LogP contribution in [-0.4, -0.2) is 5.54 Å². The molecule has 1 aromatic carbocycles. The summed E-state index contributed by atoms with van der Waals surface area (Å²) in [6.07, 6.45) is 1.47. The van der Waals surface area contributed by atoms with Crippen LogP contribution in [0.3, 0.4) is 0 Å². The first kappa shape index (κ1) is 10.8. The molecule has 0 heterocycles. The Hall–Kier alpha value is -0.670. The normalized spacial score (nSPS) is 19.7. The molecule has 1 saturated carbocycles. The summed E-state index contributed by atoms with van der Waals surface area (Å²) in [5.74, 6) is -3.04. The van der Waals surface area contributed by atoms with Gasteiger partial charge in [0.15, 0.2) is 0 Å². The van der Waals surface area contributed by atoms with E-state index in [4.69, 9.17) is 17.3 Å². The fourth-order valence-corrected chi connectivity index (χ4v) is 2.11. The molecule has 1 fully saturated rings. The van der Waals surface area contributed by atoms with Crippen molar-refractivity contribution in [1.82, 2.24) is 0 Å². The van der Waals surface area contributed by atoms with Crippen molar-refractivity contribution in [2.45, 2.75) is 30.7 Å². The zero-order valence-electron chi connectivity index (χ0n) is 8.14. The van der Waals surface area contributed by atoms with E-state index in [1.165, 1.54) is 12.1 Å². The second kappa shape index (κ2) is 3.42. The smallest absolute Gasteiger partial charge is 0.292 e. The molecule has 15 heavy (non-hydrogen) atoms. The summed E-state index contributed by atoms with van der Waals surface area (Å²) in [5.41, 5.74) is 4.11. The monoisotopic (exact) mass is 231 g/mol. The quantitative estimate of drug-likeness (QED) is 0.830. The van der Waals surface area contributed by atoms with E-state index in [-0.39, 0.29) is 10.6 Å². The lowest BCUT2D eigenvalue weighted by molar-refractivity contribution is -0.113. The van der Waals surface area contributed by atoms with E-state index in [9.17, 15) is 8.78 Å². The molecular formula is C11H12ClF2N. The minimum Gasteiger partial charge on any atom is -0.320 e. The van der Waals surface area contributed by atoms with Crippen molar-refractivity contribution >= 4 is 11.6 Å². The van der Waals surface area contributed by atoms with Crippen molar-refractivity contribution in [3.63, 3.8) is 0 Å². The Morgan fingerprint density at radius 2 is 1.87 bits per heavy atom. The summed E-state index contributed by atoms with van der Waals surface area (Å²) in [7, 11) is 0. The SMILES string of the molecule is NC1(C(F)(F)c2ccccc2Cl)CCC1. The second-order valence-electron chi connectivity index (χ2n) is 4.06. The first-order chi connectivity index (χ1) is 6.97. The van der Waals surface area contributed by atoms with Gasteiger partial charge in [0.25, 0.3) is 5.92 Å². The van der Waals surface area contributed by atoms with Gasteiger partial charge in [-0.2, -0.15) is 8.78 Å². The molecule has 0 amide bonds. The number of nitrogens with two attached hydrogens (primary N) is 1. The molecule has 82 valence electrons. The predicted octanol–water partition coefficient (Wildman–Crippen LogP) is 3.31. The van der Waals surface area contributed by atoms with Crippen LogP contribution in [0.1, 0.15) is 24.8 Å². The maximum atomic E-state index is 14.0. The van der Waals surface area contributed by atoms with Gasteiger partial charge in [-0.1, -0.05) is 29.8 Å². The lowest BCUT2D eigenvalue weighted by atomic mass is 9.71. The molecule has 0 aliphatic heterocycles. The summed E-state index contributed by atoms with van der Waals surface area (Å²) in [6.45, 7) is 0. The maximum absolute atomic E-state index is 14.0. The molecule has 0 spiro atoms. The van der Waals surface area contributed by atoms with Crippen LogP contribution in [0.4, 0.5) is 8.78 Å². The molecule has 0 radical (unpaired) electrons. The number of benzene rings is 1. The first-order valence-corrected chi connectivity index (χ1v) is 5.27. The van der Waals surface area contributed by atoms with Gasteiger partial charge < -0.3 is 5.73 Å². The number of rotatable bonds is 2. The highest BCUT2D eigenvalue weighted by atomic mass is 35.5. The topological polar surface area (TPSA) is 26.0 Å². The van der Waals surface area contributed by atoms with Gasteiger partial charge in [0.2, 0.25) is 0 Å². The van der Waals surface area contributed by atoms with E-state index in [2.05, 4.69) is 0 Å². The summed E-state index contributed by atoms with van der Waals surface area (Å²) in [5, 5.41) is 0.0826. The molecule has 0 aromatic heterocycles. The van der Waals surface area contributed by atoms with Gasteiger partial charge in [0.05, 0.1) is 5.54 Å². The van der Waals surface area contributed by atoms with Gasteiger partial charge >= 0.3 is 0 Å². The van der Waals surface area contributed by atoms with Gasteiger partial charge in [0.1, 0.15) is 0 Å². The highest BCUT2D eigenvalue weighted by molar-refractivity contribution is 6.31. The molecule has 0 bridgehead atoms. The van der Waals surface area contributed by atoms with E-state index in [0.717, 1.165) is 6.42 Å². The van der Waals surface area contributed by atoms with E-state index in [1.807, 2.05) is 0 Å². The number of hydrogen-bond donors (Lipinski definition) is 1. The molecule has 0 unspecified atom stereocenters. The van der Waals surface area contributed by atoms with Crippen molar-refractivity contribution in [1.29, 1.82) is 0 Å². The Morgan fingerprint density at radius 1 is 1.27 bits per heavy atom. The molecule has 1 aromatic rings. The van der Waals surface area contributed by atoms with Gasteiger partial charge in [-0.25, -0.2) is 0 Å². The van der Waals surface area contributed by atoms with Crippen molar-refractivity contribution < 1.29 is 8.78 Å². The van der Waals surface area contributed by atoms with E-state index < -0.39 is 11.5 Å². The van der Waals surface area contributed by atoms with Crippen LogP contribution in [-0.2, 0) is 5.92 Å². The fraction of sp³-hybridized carbons (Fsp3) is 0.455. The molecule has 1 aliphatic rings. The minimum atomic E-state index is -3.04. The van der Waals surface area contributed by atoms with E-state index >= 15 is 0 Å². The average molecular weight is 232 g/mol. The third kappa shape index (κ3) is 1.54. The van der Waals surface area contributed by atoms with Gasteiger partial charge in [-0.05, 0) is 25.3 Å². The summed E-state index contributed by atoms with van der Waals surface area (Å²) >= 11 is 5.76. The molecule has 0 atom stereocenters.